The number of amides is 1. The molecule has 5 heteroatoms. The lowest BCUT2D eigenvalue weighted by Gasteiger charge is -2.06. The van der Waals surface area contributed by atoms with E-state index in [9.17, 15) is 4.79 Å². The molecule has 19 heavy (non-hydrogen) atoms. The van der Waals surface area contributed by atoms with Gasteiger partial charge in [-0.3, -0.25) is 4.79 Å². The summed E-state index contributed by atoms with van der Waals surface area (Å²) < 4.78 is 5.52. The van der Waals surface area contributed by atoms with E-state index in [4.69, 9.17) is 4.42 Å². The van der Waals surface area contributed by atoms with Crippen molar-refractivity contribution in [1.29, 1.82) is 0 Å². The molecule has 0 aliphatic rings. The van der Waals surface area contributed by atoms with Gasteiger partial charge >= 0.3 is 0 Å². The predicted molar refractivity (Wildman–Crippen MR) is 71.3 cm³/mol. The lowest BCUT2D eigenvalue weighted by Crippen LogP contribution is -2.30. The van der Waals surface area contributed by atoms with E-state index in [1.165, 1.54) is 0 Å². The van der Waals surface area contributed by atoms with Crippen LogP contribution < -0.4 is 5.32 Å². The van der Waals surface area contributed by atoms with Gasteiger partial charge in [0.25, 0.3) is 0 Å². The molecule has 1 aromatic carbocycles. The number of nitrogens with one attached hydrogen (secondary N) is 1. The molecule has 2 rings (SSSR count). The summed E-state index contributed by atoms with van der Waals surface area (Å²) in [6, 6.07) is 9.71. The minimum absolute atomic E-state index is 0.00513. The van der Waals surface area contributed by atoms with Gasteiger partial charge in [0.15, 0.2) is 0 Å². The van der Waals surface area contributed by atoms with Gasteiger partial charge in [0.2, 0.25) is 17.7 Å². The minimum Gasteiger partial charge on any atom is -0.421 e. The maximum Gasteiger partial charge on any atom is 0.247 e. The fraction of sp³-hybridized carbons (Fsp3) is 0.357. The lowest BCUT2D eigenvalue weighted by molar-refractivity contribution is -0.121. The zero-order chi connectivity index (χ0) is 13.7. The number of hydrogen-bond donors (Lipinski definition) is 1. The van der Waals surface area contributed by atoms with E-state index in [1.807, 2.05) is 44.2 Å². The molecule has 0 unspecified atom stereocenters. The van der Waals surface area contributed by atoms with Crippen molar-refractivity contribution in [2.45, 2.75) is 32.7 Å². The van der Waals surface area contributed by atoms with Gasteiger partial charge in [0.1, 0.15) is 0 Å². The molecule has 0 saturated carbocycles. The van der Waals surface area contributed by atoms with Crippen LogP contribution in [0.1, 0.15) is 26.2 Å². The topological polar surface area (TPSA) is 68.0 Å². The van der Waals surface area contributed by atoms with Crippen LogP contribution in [0.25, 0.3) is 11.5 Å². The van der Waals surface area contributed by atoms with Gasteiger partial charge in [-0.25, -0.2) is 0 Å². The SMILES string of the molecule is CC(C)NC(=O)CCc1nnc(-c2ccccc2)o1. The summed E-state index contributed by atoms with van der Waals surface area (Å²) in [6.07, 6.45) is 0.812. The Bertz CT molecular complexity index is 535. The third kappa shape index (κ3) is 3.91. The molecule has 0 aliphatic carbocycles. The Morgan fingerprint density at radius 1 is 1.26 bits per heavy atom. The molecule has 0 fully saturated rings. The molecule has 0 spiro atoms. The highest BCUT2D eigenvalue weighted by Crippen LogP contribution is 2.17. The zero-order valence-corrected chi connectivity index (χ0v) is 11.1. The van der Waals surface area contributed by atoms with Crippen molar-refractivity contribution in [3.8, 4) is 11.5 Å². The van der Waals surface area contributed by atoms with Gasteiger partial charge in [-0.1, -0.05) is 18.2 Å². The van der Waals surface area contributed by atoms with Crippen LogP contribution in [0.15, 0.2) is 34.7 Å². The van der Waals surface area contributed by atoms with Crippen molar-refractivity contribution in [3.05, 3.63) is 36.2 Å². The van der Waals surface area contributed by atoms with Crippen LogP contribution in [0.4, 0.5) is 0 Å². The molecule has 0 atom stereocenters. The molecule has 0 bridgehead atoms. The average Bonchev–Trinajstić information content (AvgIpc) is 2.85. The monoisotopic (exact) mass is 259 g/mol. The van der Waals surface area contributed by atoms with Crippen LogP contribution >= 0.6 is 0 Å². The minimum atomic E-state index is -0.00513. The second-order valence-corrected chi connectivity index (χ2v) is 4.59. The van der Waals surface area contributed by atoms with Crippen LogP contribution in [0.2, 0.25) is 0 Å². The summed E-state index contributed by atoms with van der Waals surface area (Å²) in [4.78, 5) is 11.5. The fourth-order valence-corrected chi connectivity index (χ4v) is 1.67. The van der Waals surface area contributed by atoms with Gasteiger partial charge in [-0.05, 0) is 26.0 Å². The van der Waals surface area contributed by atoms with Gasteiger partial charge in [0.05, 0.1) is 0 Å². The van der Waals surface area contributed by atoms with Crippen molar-refractivity contribution in [2.75, 3.05) is 0 Å². The van der Waals surface area contributed by atoms with Crippen LogP contribution in [0.3, 0.4) is 0 Å². The second-order valence-electron chi connectivity index (χ2n) is 4.59. The third-order valence-corrected chi connectivity index (χ3v) is 2.50. The first-order chi connectivity index (χ1) is 9.15. The summed E-state index contributed by atoms with van der Waals surface area (Å²) in [6.45, 7) is 3.86. The molecule has 0 saturated heterocycles. The Morgan fingerprint density at radius 3 is 2.68 bits per heavy atom. The summed E-state index contributed by atoms with van der Waals surface area (Å²) in [7, 11) is 0. The number of carbonyl (C=O) groups is 1. The highest BCUT2D eigenvalue weighted by Gasteiger charge is 2.10. The molecule has 2 aromatic rings. The van der Waals surface area contributed by atoms with Crippen molar-refractivity contribution >= 4 is 5.91 Å². The van der Waals surface area contributed by atoms with Crippen LogP contribution in [-0.2, 0) is 11.2 Å². The molecule has 1 aromatic heterocycles. The number of benzene rings is 1. The Kier molecular flexibility index (Phi) is 4.28. The van der Waals surface area contributed by atoms with Gasteiger partial charge < -0.3 is 9.73 Å². The number of hydrogen-bond acceptors (Lipinski definition) is 4. The highest BCUT2D eigenvalue weighted by molar-refractivity contribution is 5.76. The van der Waals surface area contributed by atoms with Crippen molar-refractivity contribution in [3.63, 3.8) is 0 Å². The standard InChI is InChI=1S/C14H17N3O2/c1-10(2)15-12(18)8-9-13-16-17-14(19-13)11-6-4-3-5-7-11/h3-7,10H,8-9H2,1-2H3,(H,15,18). The summed E-state index contributed by atoms with van der Waals surface area (Å²) in [5.74, 6) is 0.965. The Balaban J connectivity index is 1.93. The molecule has 1 N–H and O–H groups in total. The summed E-state index contributed by atoms with van der Waals surface area (Å²) in [5, 5.41) is 10.7. The number of aromatic nitrogens is 2. The van der Waals surface area contributed by atoms with E-state index < -0.39 is 0 Å². The first-order valence-electron chi connectivity index (χ1n) is 6.32. The first-order valence-corrected chi connectivity index (χ1v) is 6.32. The summed E-state index contributed by atoms with van der Waals surface area (Å²) >= 11 is 0. The van der Waals surface area contributed by atoms with Gasteiger partial charge in [-0.15, -0.1) is 10.2 Å². The smallest absolute Gasteiger partial charge is 0.247 e. The van der Waals surface area contributed by atoms with Crippen LogP contribution in [0, 0.1) is 0 Å². The fourth-order valence-electron chi connectivity index (χ4n) is 1.67. The van der Waals surface area contributed by atoms with E-state index in [2.05, 4.69) is 15.5 Å². The predicted octanol–water partition coefficient (Wildman–Crippen LogP) is 2.19. The average molecular weight is 259 g/mol. The van der Waals surface area contributed by atoms with Crippen molar-refractivity contribution < 1.29 is 9.21 Å². The zero-order valence-electron chi connectivity index (χ0n) is 11.1. The Labute approximate surface area is 112 Å². The molecule has 0 radical (unpaired) electrons. The molecule has 1 amide bonds. The lowest BCUT2D eigenvalue weighted by atomic mass is 10.2. The van der Waals surface area contributed by atoms with E-state index in [0.29, 0.717) is 24.6 Å². The van der Waals surface area contributed by atoms with E-state index >= 15 is 0 Å². The van der Waals surface area contributed by atoms with Crippen molar-refractivity contribution in [1.82, 2.24) is 15.5 Å². The summed E-state index contributed by atoms with van der Waals surface area (Å²) in [5.41, 5.74) is 0.882. The van der Waals surface area contributed by atoms with Gasteiger partial charge in [-0.2, -0.15) is 0 Å². The second kappa shape index (κ2) is 6.13. The van der Waals surface area contributed by atoms with Crippen LogP contribution in [0.5, 0.6) is 0 Å². The number of nitrogens with zero attached hydrogens (tertiary/aromatic N) is 2. The van der Waals surface area contributed by atoms with E-state index in [1.54, 1.807) is 0 Å². The first kappa shape index (κ1) is 13.3. The molecule has 100 valence electrons. The van der Waals surface area contributed by atoms with E-state index in [0.717, 1.165) is 5.56 Å². The number of rotatable bonds is 5. The quantitative estimate of drug-likeness (QED) is 0.893. The van der Waals surface area contributed by atoms with Gasteiger partial charge in [0, 0.05) is 24.4 Å². The number of aryl methyl sites for hydroxylation is 1. The third-order valence-electron chi connectivity index (χ3n) is 2.50. The molecular weight excluding hydrogens is 242 g/mol. The van der Waals surface area contributed by atoms with E-state index in [-0.39, 0.29) is 11.9 Å². The Hall–Kier alpha value is -2.17. The normalized spacial score (nSPS) is 10.7. The molecule has 0 aliphatic heterocycles. The van der Waals surface area contributed by atoms with Crippen LogP contribution in [-0.4, -0.2) is 22.1 Å². The highest BCUT2D eigenvalue weighted by atomic mass is 16.4. The molecule has 5 nitrogen and oxygen atoms in total. The maximum absolute atomic E-state index is 11.5. The largest absolute Gasteiger partial charge is 0.421 e. The van der Waals surface area contributed by atoms with Crippen molar-refractivity contribution in [2.24, 2.45) is 0 Å². The molecule has 1 heterocycles. The number of carbonyl (C=O) groups excluding carboxylic acids is 1. The molecular formula is C14H17N3O2. The Morgan fingerprint density at radius 2 is 2.00 bits per heavy atom. The maximum atomic E-state index is 11.5.